The van der Waals surface area contributed by atoms with Crippen molar-refractivity contribution in [1.29, 1.82) is 0 Å². The molecule has 23 heavy (non-hydrogen) atoms. The summed E-state index contributed by atoms with van der Waals surface area (Å²) in [5.74, 6) is -0.330. The fourth-order valence-corrected chi connectivity index (χ4v) is 2.36. The zero-order chi connectivity index (χ0) is 16.1. The monoisotopic (exact) mass is 304 g/mol. The van der Waals surface area contributed by atoms with Gasteiger partial charge in [-0.3, -0.25) is 9.97 Å². The largest absolute Gasteiger partial charge is 0.462 e. The van der Waals surface area contributed by atoms with Gasteiger partial charge in [0.25, 0.3) is 0 Å². The minimum Gasteiger partial charge on any atom is -0.462 e. The average molecular weight is 304 g/mol. The predicted octanol–water partition coefficient (Wildman–Crippen LogP) is 3.99. The molecular formula is C19H16N2O2. The van der Waals surface area contributed by atoms with E-state index in [-0.39, 0.29) is 5.97 Å². The van der Waals surface area contributed by atoms with E-state index in [1.165, 1.54) is 0 Å². The Kier molecular flexibility index (Phi) is 4.43. The molecule has 0 amide bonds. The third-order valence-electron chi connectivity index (χ3n) is 3.43. The van der Waals surface area contributed by atoms with Gasteiger partial charge in [-0.2, -0.15) is 0 Å². The minimum atomic E-state index is -0.330. The summed E-state index contributed by atoms with van der Waals surface area (Å²) in [5, 5.41) is 0. The number of rotatable bonds is 4. The molecule has 0 saturated heterocycles. The van der Waals surface area contributed by atoms with Crippen LogP contribution in [0.5, 0.6) is 0 Å². The fourth-order valence-electron chi connectivity index (χ4n) is 2.36. The van der Waals surface area contributed by atoms with Crippen LogP contribution in [0.4, 0.5) is 0 Å². The maximum absolute atomic E-state index is 12.2. The predicted molar refractivity (Wildman–Crippen MR) is 88.9 cm³/mol. The minimum absolute atomic E-state index is 0.330. The molecule has 0 spiro atoms. The third kappa shape index (κ3) is 3.43. The molecule has 0 N–H and O–H groups in total. The van der Waals surface area contributed by atoms with Crippen molar-refractivity contribution in [2.75, 3.05) is 6.61 Å². The van der Waals surface area contributed by atoms with Gasteiger partial charge in [-0.25, -0.2) is 4.79 Å². The van der Waals surface area contributed by atoms with Crippen molar-refractivity contribution in [1.82, 2.24) is 9.97 Å². The summed E-state index contributed by atoms with van der Waals surface area (Å²) in [5.41, 5.74) is 4.25. The third-order valence-corrected chi connectivity index (χ3v) is 3.43. The zero-order valence-electron chi connectivity index (χ0n) is 12.8. The Morgan fingerprint density at radius 1 is 0.913 bits per heavy atom. The molecule has 0 radical (unpaired) electrons. The molecule has 0 aliphatic rings. The van der Waals surface area contributed by atoms with Crippen LogP contribution in [-0.4, -0.2) is 22.5 Å². The maximum atomic E-state index is 12.2. The van der Waals surface area contributed by atoms with Crippen molar-refractivity contribution >= 4 is 5.97 Å². The van der Waals surface area contributed by atoms with Crippen LogP contribution in [0.3, 0.4) is 0 Å². The number of hydrogen-bond donors (Lipinski definition) is 0. The molecule has 114 valence electrons. The van der Waals surface area contributed by atoms with Gasteiger partial charge in [-0.05, 0) is 48.4 Å². The number of esters is 1. The van der Waals surface area contributed by atoms with E-state index in [1.54, 1.807) is 31.7 Å². The van der Waals surface area contributed by atoms with Crippen molar-refractivity contribution in [2.45, 2.75) is 6.92 Å². The van der Waals surface area contributed by atoms with Crippen LogP contribution in [0.1, 0.15) is 17.3 Å². The van der Waals surface area contributed by atoms with E-state index in [0.29, 0.717) is 12.2 Å². The van der Waals surface area contributed by atoms with Crippen LogP contribution in [0.25, 0.3) is 22.3 Å². The number of nitrogens with zero attached hydrogens (tertiary/aromatic N) is 2. The highest BCUT2D eigenvalue weighted by Gasteiger charge is 2.12. The molecular weight excluding hydrogens is 288 g/mol. The van der Waals surface area contributed by atoms with E-state index in [1.807, 2.05) is 42.5 Å². The molecule has 0 fully saturated rings. The standard InChI is InChI=1S/C19H16N2O2/c1-2-23-19(22)18-10-16(14-5-3-7-20-12-14)9-17(11-18)15-6-4-8-21-13-15/h3-13H,2H2,1H3. The Morgan fingerprint density at radius 3 is 1.91 bits per heavy atom. The molecule has 0 saturated carbocycles. The Bertz CT molecular complexity index is 744. The first-order valence-corrected chi connectivity index (χ1v) is 7.41. The van der Waals surface area contributed by atoms with Gasteiger partial charge < -0.3 is 4.74 Å². The Morgan fingerprint density at radius 2 is 1.48 bits per heavy atom. The first-order chi connectivity index (χ1) is 11.3. The molecule has 2 aromatic heterocycles. The number of hydrogen-bond acceptors (Lipinski definition) is 4. The molecule has 3 aromatic rings. The summed E-state index contributed by atoms with van der Waals surface area (Å²) in [6.07, 6.45) is 7.00. The van der Waals surface area contributed by atoms with Crippen molar-refractivity contribution in [3.05, 3.63) is 72.8 Å². The number of aromatic nitrogens is 2. The second-order valence-electron chi connectivity index (χ2n) is 5.00. The summed E-state index contributed by atoms with van der Waals surface area (Å²) in [4.78, 5) is 20.4. The Labute approximate surface area is 134 Å². The molecule has 0 aliphatic carbocycles. The van der Waals surface area contributed by atoms with E-state index in [2.05, 4.69) is 9.97 Å². The van der Waals surface area contributed by atoms with Crippen molar-refractivity contribution in [2.24, 2.45) is 0 Å². The summed E-state index contributed by atoms with van der Waals surface area (Å²) in [7, 11) is 0. The molecule has 1 aromatic carbocycles. The summed E-state index contributed by atoms with van der Waals surface area (Å²) in [6.45, 7) is 2.14. The van der Waals surface area contributed by atoms with Crippen molar-refractivity contribution in [3.8, 4) is 22.3 Å². The first kappa shape index (κ1) is 14.9. The molecule has 0 bridgehead atoms. The van der Waals surface area contributed by atoms with Crippen LogP contribution in [0, 0.1) is 0 Å². The topological polar surface area (TPSA) is 52.1 Å². The van der Waals surface area contributed by atoms with Crippen molar-refractivity contribution < 1.29 is 9.53 Å². The van der Waals surface area contributed by atoms with Crippen molar-refractivity contribution in [3.63, 3.8) is 0 Å². The van der Waals surface area contributed by atoms with Gasteiger partial charge >= 0.3 is 5.97 Å². The van der Waals surface area contributed by atoms with E-state index in [4.69, 9.17) is 4.74 Å². The zero-order valence-corrected chi connectivity index (χ0v) is 12.8. The number of ether oxygens (including phenoxy) is 1. The highest BCUT2D eigenvalue weighted by atomic mass is 16.5. The van der Waals surface area contributed by atoms with Gasteiger partial charge in [0, 0.05) is 35.9 Å². The summed E-state index contributed by atoms with van der Waals surface area (Å²) in [6, 6.07) is 13.3. The lowest BCUT2D eigenvalue weighted by Gasteiger charge is -2.10. The molecule has 0 aliphatic heterocycles. The van der Waals surface area contributed by atoms with E-state index < -0.39 is 0 Å². The van der Waals surface area contributed by atoms with Crippen LogP contribution in [0.15, 0.2) is 67.3 Å². The molecule has 2 heterocycles. The molecule has 4 nitrogen and oxygen atoms in total. The smallest absolute Gasteiger partial charge is 0.338 e. The Hall–Kier alpha value is -3.01. The summed E-state index contributed by atoms with van der Waals surface area (Å²) >= 11 is 0. The lowest BCUT2D eigenvalue weighted by atomic mass is 9.97. The second kappa shape index (κ2) is 6.83. The molecule has 0 atom stereocenters. The van der Waals surface area contributed by atoms with Gasteiger partial charge in [0.2, 0.25) is 0 Å². The number of carbonyl (C=O) groups is 1. The summed E-state index contributed by atoms with van der Waals surface area (Å²) < 4.78 is 5.14. The van der Waals surface area contributed by atoms with E-state index >= 15 is 0 Å². The molecule has 4 heteroatoms. The van der Waals surface area contributed by atoms with E-state index in [0.717, 1.165) is 22.3 Å². The van der Waals surface area contributed by atoms with Gasteiger partial charge in [0.15, 0.2) is 0 Å². The lowest BCUT2D eigenvalue weighted by molar-refractivity contribution is 0.0526. The number of pyridine rings is 2. The highest BCUT2D eigenvalue weighted by Crippen LogP contribution is 2.28. The SMILES string of the molecule is CCOC(=O)c1cc(-c2cccnc2)cc(-c2cccnc2)c1. The first-order valence-electron chi connectivity index (χ1n) is 7.41. The average Bonchev–Trinajstić information content (AvgIpc) is 2.63. The lowest BCUT2D eigenvalue weighted by Crippen LogP contribution is -2.05. The van der Waals surface area contributed by atoms with Crippen LogP contribution in [0.2, 0.25) is 0 Å². The van der Waals surface area contributed by atoms with Crippen LogP contribution >= 0.6 is 0 Å². The van der Waals surface area contributed by atoms with Crippen LogP contribution in [-0.2, 0) is 4.74 Å². The highest BCUT2D eigenvalue weighted by molar-refractivity contribution is 5.93. The quantitative estimate of drug-likeness (QED) is 0.684. The van der Waals surface area contributed by atoms with Gasteiger partial charge in [0.05, 0.1) is 12.2 Å². The molecule has 0 unspecified atom stereocenters. The Balaban J connectivity index is 2.13. The number of benzene rings is 1. The van der Waals surface area contributed by atoms with Gasteiger partial charge in [-0.15, -0.1) is 0 Å². The normalized spacial score (nSPS) is 10.3. The van der Waals surface area contributed by atoms with Crippen LogP contribution < -0.4 is 0 Å². The molecule has 3 rings (SSSR count). The second-order valence-corrected chi connectivity index (χ2v) is 5.00. The maximum Gasteiger partial charge on any atom is 0.338 e. The van der Waals surface area contributed by atoms with Gasteiger partial charge in [-0.1, -0.05) is 12.1 Å². The fraction of sp³-hybridized carbons (Fsp3) is 0.105. The number of carbonyl (C=O) groups excluding carboxylic acids is 1. The van der Waals surface area contributed by atoms with E-state index in [9.17, 15) is 4.79 Å². The van der Waals surface area contributed by atoms with Gasteiger partial charge in [0.1, 0.15) is 0 Å².